The minimum Gasteiger partial charge on any atom is -0.397 e. The highest BCUT2D eigenvalue weighted by Crippen LogP contribution is 2.24. The molecule has 0 saturated heterocycles. The first-order chi connectivity index (χ1) is 8.81. The first-order valence-electron chi connectivity index (χ1n) is 5.89. The lowest BCUT2D eigenvalue weighted by Crippen LogP contribution is -2.05. The Bertz CT molecular complexity index is 498. The van der Waals surface area contributed by atoms with Crippen LogP contribution in [0.4, 0.5) is 5.69 Å². The van der Waals surface area contributed by atoms with Crippen LogP contribution in [0.15, 0.2) is 23.4 Å². The summed E-state index contributed by atoms with van der Waals surface area (Å²) in [5.41, 5.74) is 6.53. The third-order valence-corrected chi connectivity index (χ3v) is 3.49. The van der Waals surface area contributed by atoms with Gasteiger partial charge in [-0.05, 0) is 29.0 Å². The summed E-state index contributed by atoms with van der Waals surface area (Å²) >= 11 is 1.55. The molecule has 2 aromatic rings. The second kappa shape index (κ2) is 6.34. The van der Waals surface area contributed by atoms with Gasteiger partial charge in [0.2, 0.25) is 0 Å². The third kappa shape index (κ3) is 3.19. The van der Waals surface area contributed by atoms with Crippen LogP contribution in [0, 0.1) is 0 Å². The normalized spacial score (nSPS) is 10.7. The average Bonchev–Trinajstić information content (AvgIpc) is 2.83. The first kappa shape index (κ1) is 12.8. The van der Waals surface area contributed by atoms with Crippen molar-refractivity contribution in [3.8, 4) is 0 Å². The highest BCUT2D eigenvalue weighted by Gasteiger charge is 2.08. The Kier molecular flexibility index (Phi) is 4.52. The molecular formula is C11H16N6S. The summed E-state index contributed by atoms with van der Waals surface area (Å²) in [5, 5.41) is 12.5. The summed E-state index contributed by atoms with van der Waals surface area (Å²) in [6.07, 6.45) is 3.94. The highest BCUT2D eigenvalue weighted by atomic mass is 32.2. The number of nitrogens with two attached hydrogens (primary N) is 1. The zero-order valence-electron chi connectivity index (χ0n) is 10.3. The van der Waals surface area contributed by atoms with Gasteiger partial charge < -0.3 is 5.73 Å². The van der Waals surface area contributed by atoms with Gasteiger partial charge in [0.05, 0.1) is 11.4 Å². The third-order valence-electron chi connectivity index (χ3n) is 2.47. The molecule has 2 aromatic heterocycles. The molecule has 0 saturated carbocycles. The maximum atomic E-state index is 5.84. The van der Waals surface area contributed by atoms with Crippen LogP contribution in [-0.4, -0.2) is 25.2 Å². The number of unbranched alkanes of at least 4 members (excludes halogenated alkanes) is 1. The molecule has 0 aliphatic rings. The van der Waals surface area contributed by atoms with E-state index < -0.39 is 0 Å². The van der Waals surface area contributed by atoms with Crippen molar-refractivity contribution in [1.29, 1.82) is 0 Å². The first-order valence-corrected chi connectivity index (χ1v) is 6.88. The zero-order chi connectivity index (χ0) is 12.8. The van der Waals surface area contributed by atoms with Crippen molar-refractivity contribution >= 4 is 17.4 Å². The van der Waals surface area contributed by atoms with Crippen molar-refractivity contribution in [2.24, 2.45) is 0 Å². The quantitative estimate of drug-likeness (QED) is 0.800. The Hall–Kier alpha value is -1.63. The maximum Gasteiger partial charge on any atom is 0.161 e. The Morgan fingerprint density at radius 2 is 2.33 bits per heavy atom. The molecule has 0 bridgehead atoms. The molecule has 0 spiro atoms. The number of nitrogen functional groups attached to an aromatic ring is 1. The van der Waals surface area contributed by atoms with E-state index in [9.17, 15) is 0 Å². The summed E-state index contributed by atoms with van der Waals surface area (Å²) < 4.78 is 1.84. The van der Waals surface area contributed by atoms with Crippen LogP contribution in [0.25, 0.3) is 0 Å². The van der Waals surface area contributed by atoms with Gasteiger partial charge >= 0.3 is 0 Å². The number of tetrazole rings is 1. The lowest BCUT2D eigenvalue weighted by atomic mass is 10.3. The van der Waals surface area contributed by atoms with Crippen LogP contribution >= 0.6 is 11.8 Å². The van der Waals surface area contributed by atoms with Crippen molar-refractivity contribution in [3.05, 3.63) is 24.2 Å². The van der Waals surface area contributed by atoms with E-state index in [0.29, 0.717) is 11.4 Å². The van der Waals surface area contributed by atoms with Crippen molar-refractivity contribution in [2.45, 2.75) is 37.1 Å². The topological polar surface area (TPSA) is 82.5 Å². The minimum absolute atomic E-state index is 0.678. The molecule has 0 atom stereocenters. The fraction of sp³-hybridized carbons (Fsp3) is 0.455. The monoisotopic (exact) mass is 264 g/mol. The van der Waals surface area contributed by atoms with Crippen LogP contribution in [-0.2, 0) is 12.3 Å². The molecule has 6 nitrogen and oxygen atoms in total. The standard InChI is InChI=1S/C11H16N6S/c1-2-3-7-17-10(14-15-16-17)8-18-11-9(12)5-4-6-13-11/h4-6H,2-3,7-8,12H2,1H3. The van der Waals surface area contributed by atoms with Gasteiger partial charge in [0.15, 0.2) is 5.82 Å². The van der Waals surface area contributed by atoms with E-state index in [4.69, 9.17) is 5.73 Å². The molecule has 2 rings (SSSR count). The number of anilines is 1. The molecule has 96 valence electrons. The van der Waals surface area contributed by atoms with Gasteiger partial charge in [-0.2, -0.15) is 0 Å². The molecule has 0 amide bonds. The number of aryl methyl sites for hydroxylation is 1. The molecular weight excluding hydrogens is 248 g/mol. The van der Waals surface area contributed by atoms with Gasteiger partial charge in [-0.15, -0.1) is 5.10 Å². The summed E-state index contributed by atoms with van der Waals surface area (Å²) in [6, 6.07) is 3.67. The number of aromatic nitrogens is 5. The van der Waals surface area contributed by atoms with E-state index in [1.165, 1.54) is 0 Å². The van der Waals surface area contributed by atoms with E-state index in [0.717, 1.165) is 30.2 Å². The molecule has 0 radical (unpaired) electrons. The number of hydrogen-bond donors (Lipinski definition) is 1. The van der Waals surface area contributed by atoms with Crippen molar-refractivity contribution in [1.82, 2.24) is 25.2 Å². The predicted molar refractivity (Wildman–Crippen MR) is 70.9 cm³/mol. The van der Waals surface area contributed by atoms with E-state index >= 15 is 0 Å². The predicted octanol–water partition coefficient (Wildman–Crippen LogP) is 1.74. The van der Waals surface area contributed by atoms with Gasteiger partial charge in [-0.25, -0.2) is 9.67 Å². The highest BCUT2D eigenvalue weighted by molar-refractivity contribution is 7.98. The van der Waals surface area contributed by atoms with Crippen LogP contribution in [0.3, 0.4) is 0 Å². The zero-order valence-corrected chi connectivity index (χ0v) is 11.1. The fourth-order valence-electron chi connectivity index (χ4n) is 1.46. The Balaban J connectivity index is 1.98. The molecule has 2 N–H and O–H groups in total. The summed E-state index contributed by atoms with van der Waals surface area (Å²) in [4.78, 5) is 4.23. The Labute approximate surface area is 110 Å². The number of nitrogens with zero attached hydrogens (tertiary/aromatic N) is 5. The van der Waals surface area contributed by atoms with Gasteiger partial charge in [0.1, 0.15) is 5.03 Å². The second-order valence-electron chi connectivity index (χ2n) is 3.86. The van der Waals surface area contributed by atoms with E-state index in [1.807, 2.05) is 16.8 Å². The molecule has 0 fully saturated rings. The minimum atomic E-state index is 0.678. The SMILES string of the molecule is CCCCn1nnnc1CSc1ncccc1N. The number of pyridine rings is 1. The van der Waals surface area contributed by atoms with E-state index in [1.54, 1.807) is 18.0 Å². The largest absolute Gasteiger partial charge is 0.397 e. The molecule has 0 unspecified atom stereocenters. The summed E-state index contributed by atoms with van der Waals surface area (Å²) in [6.45, 7) is 3.00. The molecule has 0 aliphatic heterocycles. The Morgan fingerprint density at radius 1 is 1.44 bits per heavy atom. The van der Waals surface area contributed by atoms with Crippen LogP contribution in [0.5, 0.6) is 0 Å². The van der Waals surface area contributed by atoms with E-state index in [2.05, 4.69) is 27.4 Å². The lowest BCUT2D eigenvalue weighted by Gasteiger charge is -2.04. The Morgan fingerprint density at radius 3 is 3.11 bits per heavy atom. The van der Waals surface area contributed by atoms with Crippen molar-refractivity contribution in [2.75, 3.05) is 5.73 Å². The van der Waals surface area contributed by atoms with Crippen LogP contribution in [0.2, 0.25) is 0 Å². The molecule has 0 aliphatic carbocycles. The lowest BCUT2D eigenvalue weighted by molar-refractivity contribution is 0.540. The van der Waals surface area contributed by atoms with Crippen molar-refractivity contribution < 1.29 is 0 Å². The fourth-order valence-corrected chi connectivity index (χ4v) is 2.31. The van der Waals surface area contributed by atoms with E-state index in [-0.39, 0.29) is 0 Å². The number of thioether (sulfide) groups is 1. The van der Waals surface area contributed by atoms with Crippen LogP contribution < -0.4 is 5.73 Å². The van der Waals surface area contributed by atoms with Gasteiger partial charge in [0, 0.05) is 12.7 Å². The smallest absolute Gasteiger partial charge is 0.161 e. The van der Waals surface area contributed by atoms with Gasteiger partial charge in [-0.1, -0.05) is 25.1 Å². The number of hydrogen-bond acceptors (Lipinski definition) is 6. The summed E-state index contributed by atoms with van der Waals surface area (Å²) in [7, 11) is 0. The van der Waals surface area contributed by atoms with Crippen LogP contribution in [0.1, 0.15) is 25.6 Å². The molecule has 0 aromatic carbocycles. The average molecular weight is 264 g/mol. The molecule has 7 heteroatoms. The molecule has 2 heterocycles. The summed E-state index contributed by atoms with van der Waals surface area (Å²) in [5.74, 6) is 1.54. The van der Waals surface area contributed by atoms with Crippen molar-refractivity contribution in [3.63, 3.8) is 0 Å². The number of rotatable bonds is 6. The van der Waals surface area contributed by atoms with Gasteiger partial charge in [-0.3, -0.25) is 0 Å². The van der Waals surface area contributed by atoms with Gasteiger partial charge in [0.25, 0.3) is 0 Å². The molecule has 18 heavy (non-hydrogen) atoms. The second-order valence-corrected chi connectivity index (χ2v) is 4.82. The maximum absolute atomic E-state index is 5.84.